The zero-order valence-corrected chi connectivity index (χ0v) is 29.8. The average molecular weight is 767 g/mol. The smallest absolute Gasteiger partial charge is 0.335 e. The average Bonchev–Trinajstić information content (AvgIpc) is 3.91. The summed E-state index contributed by atoms with van der Waals surface area (Å²) >= 11 is 6.24. The molecule has 15 heteroatoms. The first-order valence-corrected chi connectivity index (χ1v) is 17.8. The summed E-state index contributed by atoms with van der Waals surface area (Å²) in [6, 6.07) is 9.94. The molecule has 0 aliphatic heterocycles. The highest BCUT2D eigenvalue weighted by molar-refractivity contribution is 7.89. The molecule has 4 aromatic rings. The van der Waals surface area contributed by atoms with Crippen molar-refractivity contribution in [2.75, 3.05) is 5.32 Å². The second-order valence-electron chi connectivity index (χ2n) is 13.7. The van der Waals surface area contributed by atoms with E-state index in [0.29, 0.717) is 5.56 Å². The van der Waals surface area contributed by atoms with E-state index in [-0.39, 0.29) is 37.6 Å². The summed E-state index contributed by atoms with van der Waals surface area (Å²) in [6.45, 7) is 6.30. The van der Waals surface area contributed by atoms with Crippen LogP contribution >= 0.6 is 11.6 Å². The summed E-state index contributed by atoms with van der Waals surface area (Å²) in [5, 5.41) is 11.6. The van der Waals surface area contributed by atoms with Crippen molar-refractivity contribution in [1.29, 1.82) is 0 Å². The van der Waals surface area contributed by atoms with Gasteiger partial charge in [0.25, 0.3) is 0 Å². The quantitative estimate of drug-likeness (QED) is 0.0903. The molecule has 1 unspecified atom stereocenters. The number of amides is 1. The van der Waals surface area contributed by atoms with E-state index in [9.17, 15) is 40.7 Å². The van der Waals surface area contributed by atoms with Gasteiger partial charge in [-0.25, -0.2) is 39.6 Å². The number of hydrogen-bond donors (Lipinski definition) is 2. The standard InChI is InChI=1S/C37H33ClF6N2O5S/c1-18-11-21(36(48)49)8-10-27(18)45-35(47)28(14-19-12-23(20-5-6-20)15-24(13-19)37(2,3)4)46(17-22-7-9-25(39)16-26(22)38)52(50,51)34-32(43)30(41)29(40)31(42)33(34)44/h7-13,15-16,20,28H,5-6,14,17H2,1-4H3,(H,45,47)(H,48,49). The van der Waals surface area contributed by atoms with Gasteiger partial charge in [0.2, 0.25) is 21.7 Å². The minimum atomic E-state index is -5.84. The number of sulfonamides is 1. The number of carboxylic acids is 1. The Morgan fingerprint density at radius 1 is 0.904 bits per heavy atom. The van der Waals surface area contributed by atoms with Gasteiger partial charge in [-0.05, 0) is 95.7 Å². The highest BCUT2D eigenvalue weighted by Gasteiger charge is 2.43. The van der Waals surface area contributed by atoms with Gasteiger partial charge in [-0.15, -0.1) is 0 Å². The summed E-state index contributed by atoms with van der Waals surface area (Å²) in [5.74, 6) is -16.0. The number of anilines is 1. The maximum Gasteiger partial charge on any atom is 0.335 e. The lowest BCUT2D eigenvalue weighted by atomic mass is 9.83. The number of rotatable bonds is 11. The van der Waals surface area contributed by atoms with Crippen LogP contribution in [0.4, 0.5) is 32.0 Å². The van der Waals surface area contributed by atoms with Crippen molar-refractivity contribution in [3.05, 3.63) is 128 Å². The number of halogens is 7. The maximum atomic E-state index is 15.3. The molecule has 1 amide bonds. The third-order valence-electron chi connectivity index (χ3n) is 8.82. The predicted octanol–water partition coefficient (Wildman–Crippen LogP) is 8.80. The van der Waals surface area contributed by atoms with Gasteiger partial charge in [0.1, 0.15) is 11.9 Å². The lowest BCUT2D eigenvalue weighted by Gasteiger charge is -2.32. The number of carboxylic acid groups (broad SMARTS) is 1. The minimum Gasteiger partial charge on any atom is -0.478 e. The van der Waals surface area contributed by atoms with Crippen molar-refractivity contribution in [2.24, 2.45) is 0 Å². The normalized spacial score (nSPS) is 14.1. The van der Waals surface area contributed by atoms with Crippen molar-refractivity contribution >= 4 is 39.2 Å². The third-order valence-corrected chi connectivity index (χ3v) is 11.0. The van der Waals surface area contributed by atoms with Crippen LogP contribution in [0.2, 0.25) is 5.02 Å². The molecule has 52 heavy (non-hydrogen) atoms. The van der Waals surface area contributed by atoms with Gasteiger partial charge in [-0.2, -0.15) is 4.31 Å². The Balaban J connectivity index is 1.75. The molecule has 4 aromatic carbocycles. The molecular weight excluding hydrogens is 734 g/mol. The highest BCUT2D eigenvalue weighted by atomic mass is 35.5. The minimum absolute atomic E-state index is 0.0375. The summed E-state index contributed by atoms with van der Waals surface area (Å²) in [4.78, 5) is 23.7. The Labute approximate surface area is 301 Å². The van der Waals surface area contributed by atoms with E-state index in [2.05, 4.69) is 5.32 Å². The summed E-state index contributed by atoms with van der Waals surface area (Å²) in [5.41, 5.74) is 1.69. The van der Waals surface area contributed by atoms with E-state index < -0.39 is 86.1 Å². The summed E-state index contributed by atoms with van der Waals surface area (Å²) in [7, 11) is -5.84. The fourth-order valence-corrected chi connectivity index (χ4v) is 7.64. The Hall–Kier alpha value is -4.40. The van der Waals surface area contributed by atoms with Gasteiger partial charge in [0.15, 0.2) is 28.2 Å². The number of aromatic carboxylic acids is 1. The van der Waals surface area contributed by atoms with E-state index in [1.165, 1.54) is 25.1 Å². The Morgan fingerprint density at radius 3 is 2.06 bits per heavy atom. The van der Waals surface area contributed by atoms with Crippen LogP contribution in [-0.2, 0) is 33.2 Å². The third kappa shape index (κ3) is 7.98. The number of carbonyl (C=O) groups excluding carboxylic acids is 1. The van der Waals surface area contributed by atoms with E-state index in [0.717, 1.165) is 42.2 Å². The molecule has 0 saturated heterocycles. The summed E-state index contributed by atoms with van der Waals surface area (Å²) in [6.07, 6.45) is 1.29. The lowest BCUT2D eigenvalue weighted by Crippen LogP contribution is -2.48. The molecule has 5 rings (SSSR count). The summed E-state index contributed by atoms with van der Waals surface area (Å²) < 4.78 is 117. The second kappa shape index (κ2) is 14.6. The Bertz CT molecular complexity index is 2180. The first-order chi connectivity index (χ1) is 24.2. The first kappa shape index (κ1) is 38.8. The molecule has 1 fully saturated rings. The van der Waals surface area contributed by atoms with Crippen LogP contribution in [0.3, 0.4) is 0 Å². The van der Waals surface area contributed by atoms with Crippen molar-refractivity contribution in [1.82, 2.24) is 4.31 Å². The van der Waals surface area contributed by atoms with Crippen LogP contribution < -0.4 is 5.32 Å². The van der Waals surface area contributed by atoms with Crippen LogP contribution in [0, 0.1) is 41.8 Å². The second-order valence-corrected chi connectivity index (χ2v) is 16.0. The first-order valence-electron chi connectivity index (χ1n) is 16.0. The van der Waals surface area contributed by atoms with Gasteiger partial charge in [-0.3, -0.25) is 4.79 Å². The molecule has 0 aromatic heterocycles. The molecule has 276 valence electrons. The number of aryl methyl sites for hydroxylation is 1. The van der Waals surface area contributed by atoms with Crippen LogP contribution in [0.1, 0.15) is 77.7 Å². The van der Waals surface area contributed by atoms with Crippen LogP contribution in [0.25, 0.3) is 0 Å². The topological polar surface area (TPSA) is 104 Å². The molecule has 0 spiro atoms. The van der Waals surface area contributed by atoms with Gasteiger partial charge >= 0.3 is 5.97 Å². The Morgan fingerprint density at radius 2 is 1.52 bits per heavy atom. The van der Waals surface area contributed by atoms with Gasteiger partial charge in [-0.1, -0.05) is 56.6 Å². The van der Waals surface area contributed by atoms with E-state index >= 15 is 8.78 Å². The Kier molecular flexibility index (Phi) is 10.9. The van der Waals surface area contributed by atoms with E-state index in [4.69, 9.17) is 11.6 Å². The van der Waals surface area contributed by atoms with Crippen molar-refractivity contribution < 1.29 is 49.5 Å². The van der Waals surface area contributed by atoms with Crippen LogP contribution in [0.5, 0.6) is 0 Å². The molecule has 1 saturated carbocycles. The van der Waals surface area contributed by atoms with Crippen LogP contribution in [0.15, 0.2) is 59.5 Å². The molecular formula is C37H33ClF6N2O5S. The molecule has 0 radical (unpaired) electrons. The van der Waals surface area contributed by atoms with Crippen molar-refractivity contribution in [3.63, 3.8) is 0 Å². The molecule has 1 aliphatic rings. The largest absolute Gasteiger partial charge is 0.478 e. The number of hydrogen-bond acceptors (Lipinski definition) is 4. The SMILES string of the molecule is Cc1cc(C(=O)O)ccc1NC(=O)C(Cc1cc(C2CC2)cc(C(C)(C)C)c1)N(Cc1ccc(F)cc1Cl)S(=O)(=O)c1c(F)c(F)c(F)c(F)c1F. The number of nitrogens with zero attached hydrogens (tertiary/aromatic N) is 1. The maximum absolute atomic E-state index is 15.3. The fraction of sp³-hybridized carbons (Fsp3) is 0.297. The molecule has 1 atom stereocenters. The van der Waals surface area contributed by atoms with Crippen molar-refractivity contribution in [3.8, 4) is 0 Å². The predicted molar refractivity (Wildman–Crippen MR) is 182 cm³/mol. The van der Waals surface area contributed by atoms with Gasteiger partial charge in [0.05, 0.1) is 5.56 Å². The van der Waals surface area contributed by atoms with Crippen LogP contribution in [-0.4, -0.2) is 35.7 Å². The number of benzene rings is 4. The monoisotopic (exact) mass is 766 g/mol. The van der Waals surface area contributed by atoms with Gasteiger partial charge in [0, 0.05) is 17.3 Å². The van der Waals surface area contributed by atoms with E-state index in [1.807, 2.05) is 26.8 Å². The molecule has 0 heterocycles. The number of carbonyl (C=O) groups is 2. The van der Waals surface area contributed by atoms with Gasteiger partial charge < -0.3 is 10.4 Å². The van der Waals surface area contributed by atoms with E-state index in [1.54, 1.807) is 12.1 Å². The molecule has 7 nitrogen and oxygen atoms in total. The number of nitrogens with one attached hydrogen (secondary N) is 1. The fourth-order valence-electron chi connectivity index (χ4n) is 5.73. The highest BCUT2D eigenvalue weighted by Crippen LogP contribution is 2.42. The zero-order chi connectivity index (χ0) is 38.4. The molecule has 2 N–H and O–H groups in total. The molecule has 1 aliphatic carbocycles. The zero-order valence-electron chi connectivity index (χ0n) is 28.3. The molecule has 0 bridgehead atoms. The lowest BCUT2D eigenvalue weighted by molar-refractivity contribution is -0.119. The van der Waals surface area contributed by atoms with Crippen molar-refractivity contribution in [2.45, 2.75) is 75.8 Å².